The summed E-state index contributed by atoms with van der Waals surface area (Å²) >= 11 is 0. The average Bonchev–Trinajstić information content (AvgIpc) is 0.872. The minimum absolute atomic E-state index is 0.0174. The zero-order valence-corrected chi connectivity index (χ0v) is 55.8. The summed E-state index contributed by atoms with van der Waals surface area (Å²) in [5, 5.41) is 63.6. The van der Waals surface area contributed by atoms with Gasteiger partial charge in [0.05, 0.1) is 6.04 Å². The fourth-order valence-corrected chi connectivity index (χ4v) is 10.6. The van der Waals surface area contributed by atoms with Crippen molar-refractivity contribution in [3.05, 3.63) is 179 Å². The molecular formula is C69H96N22O9. The number of hydrogen-bond acceptors (Lipinski definition) is 14. The van der Waals surface area contributed by atoms with Gasteiger partial charge in [0.25, 0.3) is 0 Å². The van der Waals surface area contributed by atoms with Gasteiger partial charge in [-0.1, -0.05) is 152 Å². The van der Waals surface area contributed by atoms with E-state index in [4.69, 9.17) is 56.0 Å². The van der Waals surface area contributed by atoms with E-state index in [1.807, 2.05) is 18.2 Å². The molecule has 31 nitrogen and oxygen atoms in total. The predicted molar refractivity (Wildman–Crippen MR) is 380 cm³/mol. The van der Waals surface area contributed by atoms with Gasteiger partial charge in [-0.05, 0) is 85.6 Å². The van der Waals surface area contributed by atoms with Crippen molar-refractivity contribution in [2.45, 2.75) is 138 Å². The molecule has 0 aliphatic rings. The summed E-state index contributed by atoms with van der Waals surface area (Å²) in [5.74, 6) is -8.86. The van der Waals surface area contributed by atoms with E-state index in [1.54, 1.807) is 133 Å². The van der Waals surface area contributed by atoms with Gasteiger partial charge in [0.1, 0.15) is 48.3 Å². The molecule has 100 heavy (non-hydrogen) atoms. The fraction of sp³-hybridized carbons (Fsp3) is 0.377. The first-order valence-electron chi connectivity index (χ1n) is 32.9. The Labute approximate surface area is 581 Å². The highest BCUT2D eigenvalue weighted by Gasteiger charge is 2.36. The van der Waals surface area contributed by atoms with Crippen LogP contribution in [0, 0.1) is 21.6 Å². The maximum absolute atomic E-state index is 15.1. The Morgan fingerprint density at radius 2 is 0.460 bits per heavy atom. The maximum Gasteiger partial charge on any atom is 0.243 e. The molecule has 0 heterocycles. The summed E-state index contributed by atoms with van der Waals surface area (Å²) in [5.41, 5.74) is 37.8. The van der Waals surface area contributed by atoms with Crippen LogP contribution in [0.3, 0.4) is 0 Å². The van der Waals surface area contributed by atoms with Crippen LogP contribution in [-0.2, 0) is 75.3 Å². The highest BCUT2D eigenvalue weighted by Crippen LogP contribution is 2.14. The predicted octanol–water partition coefficient (Wildman–Crippen LogP) is -2.06. The molecule has 28 N–H and O–H groups in total. The monoisotopic (exact) mass is 1380 g/mol. The van der Waals surface area contributed by atoms with Crippen LogP contribution in [-0.4, -0.2) is 158 Å². The van der Waals surface area contributed by atoms with Gasteiger partial charge in [-0.25, -0.2) is 0 Å². The number of nitrogens with two attached hydrogens (primary N) is 6. The molecular weight excluding hydrogens is 1280 g/mol. The lowest BCUT2D eigenvalue weighted by molar-refractivity contribution is -0.136. The Balaban J connectivity index is 1.46. The van der Waals surface area contributed by atoms with E-state index >= 15 is 4.79 Å². The summed E-state index contributed by atoms with van der Waals surface area (Å²) in [6.07, 6.45) is -0.0783. The topological polar surface area (TPSA) is 550 Å². The van der Waals surface area contributed by atoms with Crippen LogP contribution in [0.2, 0.25) is 0 Å². The number of carbonyl (C=O) groups is 9. The van der Waals surface area contributed by atoms with Crippen molar-refractivity contribution in [1.82, 2.24) is 63.8 Å². The van der Waals surface area contributed by atoms with Crippen LogP contribution in [0.25, 0.3) is 0 Å². The maximum atomic E-state index is 15.1. The zero-order valence-electron chi connectivity index (χ0n) is 55.8. The Kier molecular flexibility index (Phi) is 33.9. The molecule has 0 unspecified atom stereocenters. The molecule has 9 amide bonds. The Morgan fingerprint density at radius 1 is 0.270 bits per heavy atom. The van der Waals surface area contributed by atoms with Crippen molar-refractivity contribution in [3.63, 3.8) is 0 Å². The normalized spacial score (nSPS) is 13.5. The molecule has 0 spiro atoms. The summed E-state index contributed by atoms with van der Waals surface area (Å²) in [4.78, 5) is 130. The third kappa shape index (κ3) is 30.2. The highest BCUT2D eigenvalue weighted by atomic mass is 16.2. The second kappa shape index (κ2) is 42.8. The minimum atomic E-state index is -1.50. The lowest BCUT2D eigenvalue weighted by atomic mass is 10.0. The minimum Gasteiger partial charge on any atom is -0.370 e. The number of rotatable bonds is 43. The van der Waals surface area contributed by atoms with E-state index in [1.165, 1.54) is 0 Å². The number of nitrogens with one attached hydrogen (secondary N) is 16. The average molecular weight is 1380 g/mol. The van der Waals surface area contributed by atoms with Crippen molar-refractivity contribution in [2.24, 2.45) is 34.4 Å². The van der Waals surface area contributed by atoms with Crippen LogP contribution >= 0.6 is 0 Å². The van der Waals surface area contributed by atoms with E-state index in [-0.39, 0.29) is 133 Å². The highest BCUT2D eigenvalue weighted by molar-refractivity contribution is 5.98. The zero-order chi connectivity index (χ0) is 72.8. The molecule has 31 heteroatoms. The van der Waals surface area contributed by atoms with Crippen LogP contribution in [0.4, 0.5) is 0 Å². The molecule has 5 aromatic carbocycles. The van der Waals surface area contributed by atoms with Gasteiger partial charge in [0.15, 0.2) is 23.8 Å². The SMILES string of the molecule is N=C(N)NCCC[C@H](NC(=O)[C@H](CCCNC(=N)N)NC(=O)[C@H](Cc1ccccc1)NC(=O)[C@H](CCCNC(=N)N)NC(=O)[C@H](CCCNC(=N)N)NC(=O)[C@H](Cc1ccccc1)NC(=O)[C@@H](N)Cc1ccccc1)C(=O)N[C@@H](Cc1ccccc1)C(=O)N[C@@H](Cc1ccccc1)C(N)=O. The number of primary amides is 1. The number of amides is 9. The Bertz CT molecular complexity index is 3490. The third-order valence-corrected chi connectivity index (χ3v) is 15.8. The molecule has 5 rings (SSSR count). The van der Waals surface area contributed by atoms with Crippen LogP contribution in [0.15, 0.2) is 152 Å². The van der Waals surface area contributed by atoms with Gasteiger partial charge in [-0.2, -0.15) is 0 Å². The van der Waals surface area contributed by atoms with Crippen molar-refractivity contribution in [1.29, 1.82) is 21.6 Å². The lowest BCUT2D eigenvalue weighted by Crippen LogP contribution is -2.61. The summed E-state index contributed by atoms with van der Waals surface area (Å²) < 4.78 is 0. The Morgan fingerprint density at radius 3 is 0.690 bits per heavy atom. The fourth-order valence-electron chi connectivity index (χ4n) is 10.6. The molecule has 0 radical (unpaired) electrons. The number of hydrogen-bond donors (Lipinski definition) is 22. The molecule has 9 atom stereocenters. The van der Waals surface area contributed by atoms with Gasteiger partial charge in [0.2, 0.25) is 53.2 Å². The van der Waals surface area contributed by atoms with Crippen LogP contribution in [0.1, 0.15) is 79.2 Å². The van der Waals surface area contributed by atoms with E-state index in [9.17, 15) is 38.4 Å². The van der Waals surface area contributed by atoms with Gasteiger partial charge < -0.3 is 98.2 Å². The first-order valence-corrected chi connectivity index (χ1v) is 32.9. The van der Waals surface area contributed by atoms with E-state index < -0.39 is 108 Å². The van der Waals surface area contributed by atoms with Crippen molar-refractivity contribution in [2.75, 3.05) is 26.2 Å². The van der Waals surface area contributed by atoms with Gasteiger partial charge >= 0.3 is 0 Å². The molecule has 0 aromatic heterocycles. The first kappa shape index (κ1) is 79.1. The summed E-state index contributed by atoms with van der Waals surface area (Å²) in [6.45, 7) is 0.267. The van der Waals surface area contributed by atoms with Crippen LogP contribution < -0.4 is 98.2 Å². The summed E-state index contributed by atoms with van der Waals surface area (Å²) in [6, 6.07) is 31.8. The summed E-state index contributed by atoms with van der Waals surface area (Å²) in [7, 11) is 0. The van der Waals surface area contributed by atoms with Crippen molar-refractivity contribution in [3.8, 4) is 0 Å². The molecule has 0 saturated carbocycles. The molecule has 0 fully saturated rings. The number of carbonyl (C=O) groups excluding carboxylic acids is 9. The second-order valence-electron chi connectivity index (χ2n) is 23.9. The first-order chi connectivity index (χ1) is 47.9. The van der Waals surface area contributed by atoms with Crippen LogP contribution in [0.5, 0.6) is 0 Å². The van der Waals surface area contributed by atoms with E-state index in [0.717, 1.165) is 5.56 Å². The van der Waals surface area contributed by atoms with Gasteiger partial charge in [-0.15, -0.1) is 0 Å². The van der Waals surface area contributed by atoms with Crippen molar-refractivity contribution >= 4 is 77.0 Å². The molecule has 0 saturated heterocycles. The molecule has 536 valence electrons. The number of guanidine groups is 4. The Hall–Kier alpha value is -11.6. The second-order valence-corrected chi connectivity index (χ2v) is 23.9. The third-order valence-electron chi connectivity index (χ3n) is 15.8. The number of benzene rings is 5. The molecule has 5 aromatic rings. The molecule has 0 aliphatic carbocycles. The largest absolute Gasteiger partial charge is 0.370 e. The van der Waals surface area contributed by atoms with E-state index in [2.05, 4.69) is 63.8 Å². The standard InChI is InChI=1S/C69H96N22O9/c70-48(38-43-20-6-1-7-21-43)58(93)89-54(40-45-24-10-3-11-25-45)63(98)86-49(30-16-34-80-66(72)73)59(94)84-51(32-18-36-82-68(76)77)61(96)90-55(41-46-26-12-4-13-27-46)64(99)87-50(31-17-35-81-67(74)75)60(95)85-52(33-19-37-83-69(78)79)62(97)91-56(42-47-28-14-5-15-29-47)65(100)88-53(57(71)92)39-44-22-8-2-9-23-44/h1-15,20-29,48-56H,16-19,30-42,70H2,(H2,71,92)(H,84,94)(H,85,95)(H,86,98)(H,87,99)(H,88,100)(H,89,93)(H,90,96)(H,91,97)(H4,72,73,80)(H4,74,75,81)(H4,76,77,82)(H4,78,79,83)/t48-,49-,50-,51-,52-,53-,54-,55-,56-/m0/s1. The molecule has 0 bridgehead atoms. The van der Waals surface area contributed by atoms with E-state index in [0.29, 0.717) is 22.3 Å². The quantitative estimate of drug-likeness (QED) is 0.0113. The van der Waals surface area contributed by atoms with Gasteiger partial charge in [-0.3, -0.25) is 64.8 Å². The van der Waals surface area contributed by atoms with Gasteiger partial charge in [0, 0.05) is 51.9 Å². The molecule has 0 aliphatic heterocycles. The lowest BCUT2D eigenvalue weighted by Gasteiger charge is -2.28. The van der Waals surface area contributed by atoms with Crippen molar-refractivity contribution < 1.29 is 43.2 Å². The smallest absolute Gasteiger partial charge is 0.243 e.